The molecular formula is C14H6F3N3OS2. The van der Waals surface area contributed by atoms with Crippen LogP contribution >= 0.6 is 22.7 Å². The smallest absolute Gasteiger partial charge is 0.312 e. The highest BCUT2D eigenvalue weighted by molar-refractivity contribution is 7.25. The third-order valence-electron chi connectivity index (χ3n) is 3.31. The van der Waals surface area contributed by atoms with Crippen molar-refractivity contribution in [2.75, 3.05) is 0 Å². The Hall–Kier alpha value is -2.26. The lowest BCUT2D eigenvalue weighted by atomic mass is 10.1. The summed E-state index contributed by atoms with van der Waals surface area (Å²) < 4.78 is 39.7. The number of H-pyrrole nitrogens is 1. The molecule has 0 radical (unpaired) electrons. The summed E-state index contributed by atoms with van der Waals surface area (Å²) in [5.41, 5.74) is -0.597. The number of aromatic nitrogens is 3. The Labute approximate surface area is 134 Å². The SMILES string of the molecule is O=c1[nH]cnc2c1sc1nc(C(F)(F)F)cc(-c3cccs3)c12. The van der Waals surface area contributed by atoms with Gasteiger partial charge in [-0.05, 0) is 17.5 Å². The topological polar surface area (TPSA) is 58.6 Å². The first-order valence-electron chi connectivity index (χ1n) is 6.37. The largest absolute Gasteiger partial charge is 0.433 e. The van der Waals surface area contributed by atoms with Crippen LogP contribution in [0.1, 0.15) is 5.69 Å². The van der Waals surface area contributed by atoms with Crippen molar-refractivity contribution in [3.63, 3.8) is 0 Å². The van der Waals surface area contributed by atoms with E-state index in [0.29, 0.717) is 21.3 Å². The number of hydrogen-bond donors (Lipinski definition) is 1. The van der Waals surface area contributed by atoms with Crippen molar-refractivity contribution in [3.8, 4) is 10.4 Å². The van der Waals surface area contributed by atoms with E-state index < -0.39 is 11.9 Å². The highest BCUT2D eigenvalue weighted by Crippen LogP contribution is 2.41. The molecule has 4 nitrogen and oxygen atoms in total. The van der Waals surface area contributed by atoms with Crippen LogP contribution in [0.4, 0.5) is 13.2 Å². The lowest BCUT2D eigenvalue weighted by Gasteiger charge is -2.08. The molecule has 0 fully saturated rings. The van der Waals surface area contributed by atoms with Crippen molar-refractivity contribution in [1.29, 1.82) is 0 Å². The molecule has 0 bridgehead atoms. The van der Waals surface area contributed by atoms with Gasteiger partial charge in [0.15, 0.2) is 0 Å². The summed E-state index contributed by atoms with van der Waals surface area (Å²) in [5.74, 6) is 0. The molecule has 0 aliphatic heterocycles. The Balaban J connectivity index is 2.21. The zero-order valence-corrected chi connectivity index (χ0v) is 12.8. The highest BCUT2D eigenvalue weighted by atomic mass is 32.1. The van der Waals surface area contributed by atoms with Crippen LogP contribution in [0.2, 0.25) is 0 Å². The maximum absolute atomic E-state index is 13.1. The zero-order chi connectivity index (χ0) is 16.2. The summed E-state index contributed by atoms with van der Waals surface area (Å²) in [5, 5.41) is 2.26. The number of pyridine rings is 1. The Morgan fingerprint density at radius 1 is 1.26 bits per heavy atom. The molecule has 9 heteroatoms. The number of fused-ring (bicyclic) bond motifs is 3. The van der Waals surface area contributed by atoms with Gasteiger partial charge in [0, 0.05) is 15.8 Å². The standard InChI is InChI=1S/C14H6F3N3OS2/c15-14(16,17)8-4-6(7-2-1-3-22-7)9-10-11(23-13(9)20-8)12(21)19-5-18-10/h1-5H,(H,18,19,21). The van der Waals surface area contributed by atoms with Crippen molar-refractivity contribution in [2.45, 2.75) is 6.18 Å². The predicted molar refractivity (Wildman–Crippen MR) is 83.9 cm³/mol. The number of halogens is 3. The molecule has 0 saturated heterocycles. The second-order valence-corrected chi connectivity index (χ2v) is 6.67. The van der Waals surface area contributed by atoms with Crippen LogP contribution in [0.25, 0.3) is 30.9 Å². The Morgan fingerprint density at radius 3 is 2.78 bits per heavy atom. The fourth-order valence-corrected chi connectivity index (χ4v) is 4.15. The van der Waals surface area contributed by atoms with Crippen molar-refractivity contribution in [3.05, 3.63) is 46.0 Å². The number of rotatable bonds is 1. The van der Waals surface area contributed by atoms with E-state index in [1.165, 1.54) is 17.7 Å². The van der Waals surface area contributed by atoms with Gasteiger partial charge in [0.05, 0.1) is 11.8 Å². The van der Waals surface area contributed by atoms with Crippen LogP contribution in [0, 0.1) is 0 Å². The average molecular weight is 353 g/mol. The molecule has 4 rings (SSSR count). The molecule has 4 heterocycles. The van der Waals surface area contributed by atoms with Gasteiger partial charge in [0.1, 0.15) is 15.2 Å². The Kier molecular flexibility index (Phi) is 3.03. The Bertz CT molecular complexity index is 1080. The first kappa shape index (κ1) is 14.3. The molecule has 0 spiro atoms. The van der Waals surface area contributed by atoms with Crippen LogP contribution in [0.5, 0.6) is 0 Å². The lowest BCUT2D eigenvalue weighted by molar-refractivity contribution is -0.140. The summed E-state index contributed by atoms with van der Waals surface area (Å²) in [6.07, 6.45) is -3.32. The van der Waals surface area contributed by atoms with Gasteiger partial charge in [0.25, 0.3) is 5.56 Å². The number of alkyl halides is 3. The molecule has 0 aliphatic carbocycles. The van der Waals surface area contributed by atoms with Crippen molar-refractivity contribution in [2.24, 2.45) is 0 Å². The van der Waals surface area contributed by atoms with E-state index in [2.05, 4.69) is 15.0 Å². The molecule has 0 saturated carbocycles. The van der Waals surface area contributed by atoms with E-state index in [4.69, 9.17) is 0 Å². The van der Waals surface area contributed by atoms with E-state index in [9.17, 15) is 18.0 Å². The van der Waals surface area contributed by atoms with Crippen LogP contribution < -0.4 is 5.56 Å². The van der Waals surface area contributed by atoms with Gasteiger partial charge in [-0.2, -0.15) is 13.2 Å². The van der Waals surface area contributed by atoms with E-state index in [0.717, 1.165) is 17.4 Å². The molecule has 116 valence electrons. The molecule has 4 aromatic heterocycles. The van der Waals surface area contributed by atoms with Crippen LogP contribution in [0.15, 0.2) is 34.7 Å². The molecule has 23 heavy (non-hydrogen) atoms. The normalized spacial score (nSPS) is 12.3. The third-order valence-corrected chi connectivity index (χ3v) is 5.28. The molecule has 0 unspecified atom stereocenters. The van der Waals surface area contributed by atoms with E-state index in [1.54, 1.807) is 17.5 Å². The summed E-state index contributed by atoms with van der Waals surface area (Å²) >= 11 is 2.24. The maximum Gasteiger partial charge on any atom is 0.433 e. The van der Waals surface area contributed by atoms with Crippen molar-refractivity contribution < 1.29 is 13.2 Å². The summed E-state index contributed by atoms with van der Waals surface area (Å²) in [7, 11) is 0. The minimum atomic E-state index is -4.56. The van der Waals surface area contributed by atoms with E-state index >= 15 is 0 Å². The van der Waals surface area contributed by atoms with Gasteiger partial charge in [0.2, 0.25) is 0 Å². The van der Waals surface area contributed by atoms with Gasteiger partial charge in [-0.3, -0.25) is 4.79 Å². The summed E-state index contributed by atoms with van der Waals surface area (Å²) in [6.45, 7) is 0. The third kappa shape index (κ3) is 2.23. The van der Waals surface area contributed by atoms with Crippen molar-refractivity contribution in [1.82, 2.24) is 15.0 Å². The second-order valence-electron chi connectivity index (χ2n) is 4.72. The molecule has 0 atom stereocenters. The van der Waals surface area contributed by atoms with Gasteiger partial charge >= 0.3 is 6.18 Å². The summed E-state index contributed by atoms with van der Waals surface area (Å²) in [6, 6.07) is 4.51. The van der Waals surface area contributed by atoms with E-state index in [1.807, 2.05) is 0 Å². The fraction of sp³-hybridized carbons (Fsp3) is 0.0714. The first-order chi connectivity index (χ1) is 10.9. The monoisotopic (exact) mass is 353 g/mol. The molecule has 0 amide bonds. The Morgan fingerprint density at radius 2 is 2.09 bits per heavy atom. The number of nitrogens with zero attached hydrogens (tertiary/aromatic N) is 2. The zero-order valence-electron chi connectivity index (χ0n) is 11.1. The molecule has 0 aliphatic rings. The lowest BCUT2D eigenvalue weighted by Crippen LogP contribution is -2.07. The summed E-state index contributed by atoms with van der Waals surface area (Å²) in [4.78, 5) is 23.0. The van der Waals surface area contributed by atoms with Crippen LogP contribution in [-0.2, 0) is 6.18 Å². The number of thiophene rings is 2. The van der Waals surface area contributed by atoms with Crippen LogP contribution in [-0.4, -0.2) is 15.0 Å². The number of nitrogens with one attached hydrogen (secondary N) is 1. The minimum absolute atomic E-state index is 0.155. The van der Waals surface area contributed by atoms with E-state index in [-0.39, 0.29) is 15.1 Å². The first-order valence-corrected chi connectivity index (χ1v) is 8.07. The fourth-order valence-electron chi connectivity index (χ4n) is 2.35. The molecule has 0 aromatic carbocycles. The highest BCUT2D eigenvalue weighted by Gasteiger charge is 2.34. The van der Waals surface area contributed by atoms with Crippen LogP contribution in [0.3, 0.4) is 0 Å². The molecular weight excluding hydrogens is 347 g/mol. The second kappa shape index (κ2) is 4.87. The molecule has 4 aromatic rings. The van der Waals surface area contributed by atoms with Gasteiger partial charge in [-0.15, -0.1) is 22.7 Å². The predicted octanol–water partition coefficient (Wildman–Crippen LogP) is 4.28. The van der Waals surface area contributed by atoms with Gasteiger partial charge in [-0.25, -0.2) is 9.97 Å². The number of aromatic amines is 1. The molecule has 1 N–H and O–H groups in total. The van der Waals surface area contributed by atoms with Gasteiger partial charge in [-0.1, -0.05) is 6.07 Å². The minimum Gasteiger partial charge on any atom is -0.312 e. The van der Waals surface area contributed by atoms with Gasteiger partial charge < -0.3 is 4.98 Å². The maximum atomic E-state index is 13.1. The quantitative estimate of drug-likeness (QED) is 0.556. The average Bonchev–Trinajstić information content (AvgIpc) is 3.13. The number of hydrogen-bond acceptors (Lipinski definition) is 5. The van der Waals surface area contributed by atoms with Crippen molar-refractivity contribution >= 4 is 43.1 Å².